The lowest BCUT2D eigenvalue weighted by molar-refractivity contribution is 0.459. The molecule has 0 aliphatic heterocycles. The topological polar surface area (TPSA) is 54.2 Å². The summed E-state index contributed by atoms with van der Waals surface area (Å²) in [5, 5.41) is 12.5. The Kier molecular flexibility index (Phi) is 5.87. The molecule has 2 aromatic heterocycles. The highest BCUT2D eigenvalue weighted by atomic mass is 32.2. The molecule has 0 saturated heterocycles. The number of rotatable bonds is 8. The van der Waals surface area contributed by atoms with Gasteiger partial charge in [0.25, 0.3) is 0 Å². The van der Waals surface area contributed by atoms with Gasteiger partial charge in [-0.3, -0.25) is 0 Å². The Morgan fingerprint density at radius 3 is 2.80 bits per heavy atom. The van der Waals surface area contributed by atoms with E-state index in [-0.39, 0.29) is 0 Å². The van der Waals surface area contributed by atoms with E-state index in [4.69, 9.17) is 4.42 Å². The lowest BCUT2D eigenvalue weighted by Crippen LogP contribution is -2.12. The smallest absolute Gasteiger partial charge is 0.208 e. The molecule has 20 heavy (non-hydrogen) atoms. The summed E-state index contributed by atoms with van der Waals surface area (Å²) in [5.74, 6) is 2.75. The Morgan fingerprint density at radius 2 is 2.10 bits per heavy atom. The minimum absolute atomic E-state index is 0.788. The van der Waals surface area contributed by atoms with E-state index in [1.807, 2.05) is 31.1 Å². The van der Waals surface area contributed by atoms with Crippen molar-refractivity contribution in [3.8, 4) is 0 Å². The van der Waals surface area contributed by atoms with Gasteiger partial charge in [0.1, 0.15) is 11.5 Å². The van der Waals surface area contributed by atoms with E-state index in [1.165, 1.54) is 0 Å². The van der Waals surface area contributed by atoms with E-state index in [1.54, 1.807) is 23.1 Å². The lowest BCUT2D eigenvalue weighted by Gasteiger charge is -2.03. The van der Waals surface area contributed by atoms with E-state index in [0.717, 1.165) is 46.3 Å². The zero-order valence-electron chi connectivity index (χ0n) is 12.0. The molecule has 2 rings (SSSR count). The molecule has 0 atom stereocenters. The number of thioether (sulfide) groups is 1. The van der Waals surface area contributed by atoms with Crippen LogP contribution < -0.4 is 10.2 Å². The molecule has 0 unspecified atom stereocenters. The van der Waals surface area contributed by atoms with Gasteiger partial charge in [0.2, 0.25) is 5.13 Å². The maximum absolute atomic E-state index is 5.77. The second-order valence-corrected chi connectivity index (χ2v) is 6.76. The van der Waals surface area contributed by atoms with Crippen LogP contribution in [0.4, 0.5) is 5.13 Å². The molecular formula is C13H20N4OS2. The molecule has 0 radical (unpaired) electrons. The molecule has 0 aliphatic rings. The van der Waals surface area contributed by atoms with Crippen LogP contribution in [-0.2, 0) is 12.3 Å². The van der Waals surface area contributed by atoms with Gasteiger partial charge in [0, 0.05) is 14.1 Å². The zero-order chi connectivity index (χ0) is 14.4. The average molecular weight is 312 g/mol. The van der Waals surface area contributed by atoms with E-state index in [9.17, 15) is 0 Å². The average Bonchev–Trinajstić information content (AvgIpc) is 3.05. The van der Waals surface area contributed by atoms with Crippen LogP contribution in [0.25, 0.3) is 0 Å². The van der Waals surface area contributed by atoms with Gasteiger partial charge < -0.3 is 14.6 Å². The standard InChI is InChI=1S/C13H20N4OS2/c1-4-7-14-8-10-5-6-11(18-10)9-19-13-16-15-12(20-13)17(2)3/h5-6,14H,4,7-9H2,1-3H3. The minimum Gasteiger partial charge on any atom is -0.464 e. The first-order valence-corrected chi connectivity index (χ1v) is 8.41. The second kappa shape index (κ2) is 7.66. The van der Waals surface area contributed by atoms with Crippen molar-refractivity contribution < 1.29 is 4.42 Å². The summed E-state index contributed by atoms with van der Waals surface area (Å²) in [5.41, 5.74) is 0. The summed E-state index contributed by atoms with van der Waals surface area (Å²) in [6, 6.07) is 4.06. The summed E-state index contributed by atoms with van der Waals surface area (Å²) >= 11 is 3.25. The van der Waals surface area contributed by atoms with Crippen LogP contribution in [0.2, 0.25) is 0 Å². The van der Waals surface area contributed by atoms with Crippen molar-refractivity contribution >= 4 is 28.2 Å². The Morgan fingerprint density at radius 1 is 1.30 bits per heavy atom. The van der Waals surface area contributed by atoms with Crippen LogP contribution in [-0.4, -0.2) is 30.8 Å². The molecule has 0 saturated carbocycles. The highest BCUT2D eigenvalue weighted by Gasteiger charge is 2.08. The van der Waals surface area contributed by atoms with Gasteiger partial charge in [-0.1, -0.05) is 30.0 Å². The van der Waals surface area contributed by atoms with E-state index in [0.29, 0.717) is 0 Å². The van der Waals surface area contributed by atoms with Crippen LogP contribution in [0.3, 0.4) is 0 Å². The van der Waals surface area contributed by atoms with Crippen molar-refractivity contribution in [1.82, 2.24) is 15.5 Å². The molecule has 0 fully saturated rings. The highest BCUT2D eigenvalue weighted by Crippen LogP contribution is 2.29. The molecule has 0 amide bonds. The van der Waals surface area contributed by atoms with Crippen LogP contribution >= 0.6 is 23.1 Å². The molecule has 110 valence electrons. The number of nitrogens with zero attached hydrogens (tertiary/aromatic N) is 3. The lowest BCUT2D eigenvalue weighted by atomic mass is 10.4. The third-order valence-electron chi connectivity index (χ3n) is 2.56. The number of nitrogens with one attached hydrogen (secondary N) is 1. The summed E-state index contributed by atoms with van der Waals surface area (Å²) in [4.78, 5) is 1.96. The van der Waals surface area contributed by atoms with E-state index in [2.05, 4.69) is 22.4 Å². The third-order valence-corrected chi connectivity index (χ3v) is 4.81. The molecule has 2 aromatic rings. The molecule has 1 N–H and O–H groups in total. The molecule has 0 spiro atoms. The van der Waals surface area contributed by atoms with Gasteiger partial charge in [0.15, 0.2) is 4.34 Å². The van der Waals surface area contributed by atoms with Gasteiger partial charge in [-0.2, -0.15) is 0 Å². The monoisotopic (exact) mass is 312 g/mol. The van der Waals surface area contributed by atoms with Gasteiger partial charge >= 0.3 is 0 Å². The molecule has 0 aromatic carbocycles. The van der Waals surface area contributed by atoms with Crippen LogP contribution in [0.1, 0.15) is 24.9 Å². The normalized spacial score (nSPS) is 10.9. The molecule has 2 heterocycles. The SMILES string of the molecule is CCCNCc1ccc(CSc2nnc(N(C)C)s2)o1. The molecule has 7 heteroatoms. The van der Waals surface area contributed by atoms with Gasteiger partial charge in [-0.25, -0.2) is 0 Å². The Hall–Kier alpha value is -1.05. The van der Waals surface area contributed by atoms with Crippen LogP contribution in [0.15, 0.2) is 20.9 Å². The molecule has 0 aliphatic carbocycles. The largest absolute Gasteiger partial charge is 0.464 e. The number of anilines is 1. The maximum atomic E-state index is 5.77. The fourth-order valence-electron chi connectivity index (χ4n) is 1.56. The first-order chi connectivity index (χ1) is 9.69. The van der Waals surface area contributed by atoms with Gasteiger partial charge in [0.05, 0.1) is 12.3 Å². The van der Waals surface area contributed by atoms with Crippen molar-refractivity contribution in [3.63, 3.8) is 0 Å². The summed E-state index contributed by atoms with van der Waals surface area (Å²) in [7, 11) is 3.94. The zero-order valence-corrected chi connectivity index (χ0v) is 13.7. The van der Waals surface area contributed by atoms with Crippen molar-refractivity contribution in [2.75, 3.05) is 25.5 Å². The first kappa shape index (κ1) is 15.3. The summed E-state index contributed by atoms with van der Waals surface area (Å²) in [6.07, 6.45) is 1.13. The van der Waals surface area contributed by atoms with Crippen molar-refractivity contribution in [2.45, 2.75) is 30.0 Å². The van der Waals surface area contributed by atoms with Gasteiger partial charge in [-0.05, 0) is 25.1 Å². The number of hydrogen-bond donors (Lipinski definition) is 1. The van der Waals surface area contributed by atoms with Crippen molar-refractivity contribution in [3.05, 3.63) is 23.7 Å². The highest BCUT2D eigenvalue weighted by molar-refractivity contribution is 8.00. The Bertz CT molecular complexity index is 524. The Labute approximate surface area is 127 Å². The number of furan rings is 1. The second-order valence-electron chi connectivity index (χ2n) is 4.58. The summed E-state index contributed by atoms with van der Waals surface area (Å²) in [6.45, 7) is 3.96. The van der Waals surface area contributed by atoms with E-state index >= 15 is 0 Å². The van der Waals surface area contributed by atoms with Crippen molar-refractivity contribution in [1.29, 1.82) is 0 Å². The van der Waals surface area contributed by atoms with Gasteiger partial charge in [-0.15, -0.1) is 10.2 Å². The fraction of sp³-hybridized carbons (Fsp3) is 0.538. The Balaban J connectivity index is 1.81. The minimum atomic E-state index is 0.788. The molecular weight excluding hydrogens is 292 g/mol. The molecule has 0 bridgehead atoms. The summed E-state index contributed by atoms with van der Waals surface area (Å²) < 4.78 is 6.74. The van der Waals surface area contributed by atoms with Crippen LogP contribution in [0.5, 0.6) is 0 Å². The maximum Gasteiger partial charge on any atom is 0.208 e. The molecule has 5 nitrogen and oxygen atoms in total. The first-order valence-electron chi connectivity index (χ1n) is 6.61. The van der Waals surface area contributed by atoms with Crippen molar-refractivity contribution in [2.24, 2.45) is 0 Å². The predicted molar refractivity (Wildman–Crippen MR) is 84.5 cm³/mol. The number of aromatic nitrogens is 2. The van der Waals surface area contributed by atoms with E-state index < -0.39 is 0 Å². The number of hydrogen-bond acceptors (Lipinski definition) is 7. The quantitative estimate of drug-likeness (QED) is 0.597. The third kappa shape index (κ3) is 4.50. The fourth-order valence-corrected chi connectivity index (χ4v) is 3.22. The predicted octanol–water partition coefficient (Wildman–Crippen LogP) is 2.99. The van der Waals surface area contributed by atoms with Crippen LogP contribution in [0, 0.1) is 0 Å².